The van der Waals surface area contributed by atoms with E-state index in [0.717, 1.165) is 28.2 Å². The number of anilines is 3. The molecule has 0 N–H and O–H groups in total. The minimum atomic E-state index is 0.876. The summed E-state index contributed by atoms with van der Waals surface area (Å²) in [4.78, 5) is 2.23. The molecule has 3 nitrogen and oxygen atoms in total. The van der Waals surface area contributed by atoms with Crippen LogP contribution in [0.25, 0.3) is 38.7 Å². The lowest BCUT2D eigenvalue weighted by atomic mass is 10.0. The molecule has 0 bridgehead atoms. The molecule has 7 rings (SSSR count). The number of nitrogens with zero attached hydrogens (tertiary/aromatic N) is 3. The summed E-state index contributed by atoms with van der Waals surface area (Å²) in [6.07, 6.45) is 0. The highest BCUT2D eigenvalue weighted by Gasteiger charge is 2.17. The van der Waals surface area contributed by atoms with Gasteiger partial charge in [-0.3, -0.25) is 4.90 Å². The van der Waals surface area contributed by atoms with Crippen molar-refractivity contribution in [3.63, 3.8) is 0 Å². The highest BCUT2D eigenvalue weighted by atomic mass is 15.3. The minimum Gasteiger partial charge on any atom is -0.294 e. The fourth-order valence-corrected chi connectivity index (χ4v) is 5.08. The normalized spacial score (nSPS) is 11.2. The van der Waals surface area contributed by atoms with Crippen molar-refractivity contribution < 1.29 is 0 Å². The summed E-state index contributed by atoms with van der Waals surface area (Å²) in [7, 11) is 0. The smallest absolute Gasteiger partial charge is 0.160 e. The fraction of sp³-hybridized carbons (Fsp3) is 0. The van der Waals surface area contributed by atoms with Crippen LogP contribution in [0.15, 0.2) is 152 Å². The molecule has 0 aliphatic carbocycles. The van der Waals surface area contributed by atoms with E-state index in [2.05, 4.69) is 144 Å². The summed E-state index contributed by atoms with van der Waals surface area (Å²) in [6, 6.07) is 53.2. The third kappa shape index (κ3) is 4.00. The molecule has 0 spiro atoms. The molecule has 0 amide bonds. The molecule has 0 atom stereocenters. The Labute approximate surface area is 221 Å². The van der Waals surface area contributed by atoms with Crippen LogP contribution in [0.1, 0.15) is 0 Å². The number of para-hydroxylation sites is 1. The van der Waals surface area contributed by atoms with Gasteiger partial charge in [-0.15, -0.1) is 5.10 Å². The van der Waals surface area contributed by atoms with Gasteiger partial charge in [-0.1, -0.05) is 109 Å². The molecule has 2 aromatic heterocycles. The van der Waals surface area contributed by atoms with Crippen LogP contribution in [0.3, 0.4) is 0 Å². The zero-order valence-electron chi connectivity index (χ0n) is 20.8. The number of fused-ring (bicyclic) bond motifs is 3. The lowest BCUT2D eigenvalue weighted by molar-refractivity contribution is 0.989. The molecule has 3 heteroatoms. The van der Waals surface area contributed by atoms with Crippen LogP contribution >= 0.6 is 0 Å². The predicted molar refractivity (Wildman–Crippen MR) is 158 cm³/mol. The Kier molecular flexibility index (Phi) is 5.45. The number of rotatable bonds is 5. The Balaban J connectivity index is 1.35. The van der Waals surface area contributed by atoms with Crippen molar-refractivity contribution in [2.24, 2.45) is 0 Å². The van der Waals surface area contributed by atoms with Gasteiger partial charge in [0.05, 0.1) is 11.0 Å². The molecule has 0 aliphatic heterocycles. The first-order valence-corrected chi connectivity index (χ1v) is 12.8. The molecule has 0 saturated heterocycles. The largest absolute Gasteiger partial charge is 0.294 e. The third-order valence-corrected chi connectivity index (χ3v) is 7.02. The zero-order valence-corrected chi connectivity index (χ0v) is 20.8. The van der Waals surface area contributed by atoms with Gasteiger partial charge in [0.2, 0.25) is 0 Å². The van der Waals surface area contributed by atoms with Gasteiger partial charge in [-0.2, -0.15) is 0 Å². The van der Waals surface area contributed by atoms with E-state index < -0.39 is 0 Å². The maximum Gasteiger partial charge on any atom is 0.160 e. The molecule has 0 unspecified atom stereocenters. The summed E-state index contributed by atoms with van der Waals surface area (Å²) in [5.74, 6) is 0.876. The Morgan fingerprint density at radius 3 is 1.53 bits per heavy atom. The highest BCUT2D eigenvalue weighted by molar-refractivity contribution is 5.85. The number of pyridine rings is 1. The fourth-order valence-electron chi connectivity index (χ4n) is 5.08. The average Bonchev–Trinajstić information content (AvgIpc) is 3.43. The van der Waals surface area contributed by atoms with Crippen molar-refractivity contribution in [3.05, 3.63) is 152 Å². The quantitative estimate of drug-likeness (QED) is 0.241. The number of aromatic nitrogens is 2. The van der Waals surface area contributed by atoms with Crippen LogP contribution in [-0.4, -0.2) is 9.61 Å². The SMILES string of the molecule is c1ccc(-c2ccc(N(c3ccc(-c4ccccc4)cc3)c3cc4ccc5ccccc5n4n3)cc2)cc1. The first-order valence-electron chi connectivity index (χ1n) is 12.8. The number of hydrogen-bond donors (Lipinski definition) is 0. The monoisotopic (exact) mass is 487 g/mol. The Morgan fingerprint density at radius 1 is 0.447 bits per heavy atom. The zero-order chi connectivity index (χ0) is 25.3. The van der Waals surface area contributed by atoms with E-state index in [4.69, 9.17) is 5.10 Å². The van der Waals surface area contributed by atoms with E-state index in [1.54, 1.807) is 0 Å². The Hall–Kier alpha value is -5.15. The second-order valence-corrected chi connectivity index (χ2v) is 9.39. The van der Waals surface area contributed by atoms with Gasteiger partial charge >= 0.3 is 0 Å². The van der Waals surface area contributed by atoms with Crippen LogP contribution in [0.2, 0.25) is 0 Å². The molecule has 0 saturated carbocycles. The molecule has 0 aliphatic rings. The van der Waals surface area contributed by atoms with Gasteiger partial charge in [0.15, 0.2) is 5.82 Å². The molecule has 38 heavy (non-hydrogen) atoms. The van der Waals surface area contributed by atoms with Gasteiger partial charge in [0.25, 0.3) is 0 Å². The lowest BCUT2D eigenvalue weighted by Crippen LogP contribution is -2.10. The van der Waals surface area contributed by atoms with Crippen LogP contribution in [0, 0.1) is 0 Å². The molecule has 2 heterocycles. The first-order chi connectivity index (χ1) is 18.8. The maximum absolute atomic E-state index is 5.10. The van der Waals surface area contributed by atoms with Crippen LogP contribution in [0.4, 0.5) is 17.2 Å². The van der Waals surface area contributed by atoms with E-state index in [1.807, 2.05) is 16.6 Å². The van der Waals surface area contributed by atoms with Crippen molar-refractivity contribution >= 4 is 33.6 Å². The lowest BCUT2D eigenvalue weighted by Gasteiger charge is -2.23. The average molecular weight is 488 g/mol. The molecule has 0 radical (unpaired) electrons. The Morgan fingerprint density at radius 2 is 0.947 bits per heavy atom. The highest BCUT2D eigenvalue weighted by Crippen LogP contribution is 2.37. The van der Waals surface area contributed by atoms with Crippen molar-refractivity contribution in [1.29, 1.82) is 0 Å². The summed E-state index contributed by atoms with van der Waals surface area (Å²) in [5, 5.41) is 6.26. The molecule has 0 fully saturated rings. The number of hydrogen-bond acceptors (Lipinski definition) is 2. The predicted octanol–water partition coefficient (Wildman–Crippen LogP) is 9.29. The third-order valence-electron chi connectivity index (χ3n) is 7.02. The summed E-state index contributed by atoms with van der Waals surface area (Å²) >= 11 is 0. The van der Waals surface area contributed by atoms with Crippen molar-refractivity contribution in [2.75, 3.05) is 4.90 Å². The molecular weight excluding hydrogens is 462 g/mol. The molecule has 5 aromatic carbocycles. The topological polar surface area (TPSA) is 20.5 Å². The summed E-state index contributed by atoms with van der Waals surface area (Å²) in [5.41, 5.74) is 9.06. The van der Waals surface area contributed by atoms with Gasteiger partial charge in [-0.25, -0.2) is 4.52 Å². The summed E-state index contributed by atoms with van der Waals surface area (Å²) in [6.45, 7) is 0. The van der Waals surface area contributed by atoms with E-state index in [9.17, 15) is 0 Å². The van der Waals surface area contributed by atoms with E-state index >= 15 is 0 Å². The van der Waals surface area contributed by atoms with Crippen molar-refractivity contribution in [3.8, 4) is 22.3 Å². The Bertz CT molecular complexity index is 1750. The first kappa shape index (κ1) is 22.1. The van der Waals surface area contributed by atoms with Crippen LogP contribution in [0.5, 0.6) is 0 Å². The van der Waals surface area contributed by atoms with Crippen LogP contribution < -0.4 is 4.90 Å². The van der Waals surface area contributed by atoms with Gasteiger partial charge in [0.1, 0.15) is 0 Å². The summed E-state index contributed by atoms with van der Waals surface area (Å²) < 4.78 is 2.04. The second kappa shape index (κ2) is 9.38. The molecule has 7 aromatic rings. The van der Waals surface area contributed by atoms with E-state index in [-0.39, 0.29) is 0 Å². The van der Waals surface area contributed by atoms with Crippen molar-refractivity contribution in [2.45, 2.75) is 0 Å². The van der Waals surface area contributed by atoms with Gasteiger partial charge in [0, 0.05) is 22.8 Å². The number of benzene rings is 5. The van der Waals surface area contributed by atoms with E-state index in [0.29, 0.717) is 0 Å². The van der Waals surface area contributed by atoms with E-state index in [1.165, 1.54) is 27.6 Å². The molecular formula is C35H25N3. The van der Waals surface area contributed by atoms with Crippen molar-refractivity contribution in [1.82, 2.24) is 9.61 Å². The second-order valence-electron chi connectivity index (χ2n) is 9.39. The van der Waals surface area contributed by atoms with Gasteiger partial charge < -0.3 is 0 Å². The maximum atomic E-state index is 5.10. The van der Waals surface area contributed by atoms with Crippen LogP contribution in [-0.2, 0) is 0 Å². The minimum absolute atomic E-state index is 0.876. The molecule has 180 valence electrons. The van der Waals surface area contributed by atoms with Gasteiger partial charge in [-0.05, 0) is 58.7 Å². The standard InChI is InChI=1S/C35H25N3/c1-3-9-26(10-4-1)28-15-20-31(21-16-28)37(32-22-17-29(18-23-32)27-11-5-2-6-12-27)35-25-33-24-19-30-13-7-8-14-34(30)38(33)36-35/h1-25H.